The monoisotopic (exact) mass is 368 g/mol. The van der Waals surface area contributed by atoms with Gasteiger partial charge in [-0.3, -0.25) is 9.59 Å². The first-order valence-corrected chi connectivity index (χ1v) is 8.00. The van der Waals surface area contributed by atoms with E-state index in [4.69, 9.17) is 4.74 Å². The Morgan fingerprint density at radius 2 is 1.78 bits per heavy atom. The van der Waals surface area contributed by atoms with Crippen molar-refractivity contribution in [2.45, 2.75) is 13.8 Å². The summed E-state index contributed by atoms with van der Waals surface area (Å²) in [6, 6.07) is 11.7. The van der Waals surface area contributed by atoms with E-state index < -0.39 is 24.4 Å². The molecule has 2 aromatic carbocycles. The van der Waals surface area contributed by atoms with Crippen LogP contribution in [0.5, 0.6) is 5.75 Å². The quantitative estimate of drug-likeness (QED) is 0.438. The molecule has 2 amide bonds. The Bertz CT molecular complexity index is 875. The summed E-state index contributed by atoms with van der Waals surface area (Å²) in [6.07, 6.45) is 1.34. The number of aryl methyl sites for hydroxylation is 1. The molecule has 0 saturated heterocycles. The topological polar surface area (TPSA) is 120 Å². The number of hydrogen-bond acceptors (Lipinski definition) is 6. The molecule has 0 radical (unpaired) electrons. The molecule has 0 spiro atoms. The molecule has 0 heterocycles. The summed E-state index contributed by atoms with van der Waals surface area (Å²) in [5.41, 5.74) is 5.20. The number of hydrazone groups is 1. The van der Waals surface area contributed by atoms with Gasteiger partial charge in [-0.05, 0) is 60.9 Å². The lowest BCUT2D eigenvalue weighted by Gasteiger charge is -2.09. The van der Waals surface area contributed by atoms with Crippen LogP contribution in [0.25, 0.3) is 0 Å². The van der Waals surface area contributed by atoms with Gasteiger partial charge in [0.2, 0.25) is 0 Å². The maximum Gasteiger partial charge on any atom is 0.329 e. The smallest absolute Gasteiger partial charge is 0.329 e. The summed E-state index contributed by atoms with van der Waals surface area (Å²) in [6.45, 7) is 3.21. The fraction of sp³-hybridized carbons (Fsp3) is 0.158. The first kappa shape index (κ1) is 19.6. The zero-order valence-corrected chi connectivity index (χ0v) is 14.8. The van der Waals surface area contributed by atoms with Gasteiger partial charge in [0.1, 0.15) is 12.4 Å². The summed E-state index contributed by atoms with van der Waals surface area (Å²) in [5, 5.41) is 16.6. The first-order chi connectivity index (χ1) is 12.9. The van der Waals surface area contributed by atoms with Gasteiger partial charge in [0.15, 0.2) is 0 Å². The average Bonchev–Trinajstić information content (AvgIpc) is 2.64. The molecule has 27 heavy (non-hydrogen) atoms. The highest BCUT2D eigenvalue weighted by Crippen LogP contribution is 2.17. The Kier molecular flexibility index (Phi) is 6.65. The number of nitrogens with zero attached hydrogens (tertiary/aromatic N) is 1. The molecule has 0 fully saturated rings. The Labute approximate surface area is 155 Å². The molecule has 140 valence electrons. The minimum atomic E-state index is -1.32. The summed E-state index contributed by atoms with van der Waals surface area (Å²) in [7, 11) is 0. The molecule has 0 aliphatic rings. The second kappa shape index (κ2) is 9.14. The number of ether oxygens (including phenoxy) is 1. The summed E-state index contributed by atoms with van der Waals surface area (Å²) in [4.78, 5) is 34.1. The third kappa shape index (κ3) is 5.96. The van der Waals surface area contributed by atoms with E-state index in [1.165, 1.54) is 6.21 Å². The van der Waals surface area contributed by atoms with Crippen molar-refractivity contribution in [1.29, 1.82) is 0 Å². The second-order valence-corrected chi connectivity index (χ2v) is 5.63. The number of nitrogens with one attached hydrogen (secondary N) is 2. The predicted octanol–water partition coefficient (Wildman–Crippen LogP) is 0.521. The molecule has 2 N–H and O–H groups in total. The molecule has 0 bridgehead atoms. The van der Waals surface area contributed by atoms with Gasteiger partial charge >= 0.3 is 11.8 Å². The van der Waals surface area contributed by atoms with E-state index in [0.29, 0.717) is 17.0 Å². The summed E-state index contributed by atoms with van der Waals surface area (Å²) >= 11 is 0. The zero-order chi connectivity index (χ0) is 19.8. The minimum Gasteiger partial charge on any atom is -0.546 e. The number of anilines is 1. The number of carboxylic acid groups (broad SMARTS) is 1. The van der Waals surface area contributed by atoms with Crippen LogP contribution in [-0.4, -0.2) is 30.6 Å². The highest BCUT2D eigenvalue weighted by molar-refractivity contribution is 6.39. The summed E-state index contributed by atoms with van der Waals surface area (Å²) < 4.78 is 4.94. The van der Waals surface area contributed by atoms with E-state index in [-0.39, 0.29) is 0 Å². The SMILES string of the molecule is Cc1cccc(NC(=O)C(=O)N/N=C\c2ccc(OCC(=O)[O-])cc2)c1C. The van der Waals surface area contributed by atoms with Gasteiger partial charge in [-0.2, -0.15) is 5.10 Å². The standard InChI is InChI=1S/C19H19N3O5/c1-12-4-3-5-16(13(12)2)21-18(25)19(26)22-20-10-14-6-8-15(9-7-14)27-11-17(23)24/h3-10H,11H2,1-2H3,(H,21,25)(H,22,26)(H,23,24)/p-1/b20-10-. The van der Waals surface area contributed by atoms with Crippen LogP contribution in [0.2, 0.25) is 0 Å². The molecule has 2 rings (SSSR count). The van der Waals surface area contributed by atoms with E-state index in [1.807, 2.05) is 19.9 Å². The molecule has 0 aliphatic heterocycles. The molecular formula is C19H18N3O5-. The molecule has 0 aromatic heterocycles. The maximum absolute atomic E-state index is 11.9. The van der Waals surface area contributed by atoms with Crippen molar-refractivity contribution in [3.05, 3.63) is 59.2 Å². The number of carbonyl (C=O) groups is 3. The number of benzene rings is 2. The van der Waals surface area contributed by atoms with Crippen molar-refractivity contribution < 1.29 is 24.2 Å². The van der Waals surface area contributed by atoms with Crippen molar-refractivity contribution in [3.63, 3.8) is 0 Å². The molecule has 2 aromatic rings. The van der Waals surface area contributed by atoms with Gasteiger partial charge in [-0.25, -0.2) is 5.43 Å². The van der Waals surface area contributed by atoms with Crippen LogP contribution < -0.4 is 20.6 Å². The fourth-order valence-electron chi connectivity index (χ4n) is 2.07. The number of hydrogen-bond donors (Lipinski definition) is 2. The van der Waals surface area contributed by atoms with Crippen LogP contribution in [0, 0.1) is 13.8 Å². The number of aliphatic carboxylic acids is 1. The molecular weight excluding hydrogens is 350 g/mol. The average molecular weight is 368 g/mol. The van der Waals surface area contributed by atoms with Gasteiger partial charge in [-0.1, -0.05) is 12.1 Å². The van der Waals surface area contributed by atoms with Gasteiger partial charge in [0.05, 0.1) is 12.2 Å². The van der Waals surface area contributed by atoms with E-state index in [2.05, 4.69) is 15.8 Å². The Morgan fingerprint density at radius 1 is 1.07 bits per heavy atom. The first-order valence-electron chi connectivity index (χ1n) is 8.00. The van der Waals surface area contributed by atoms with E-state index in [0.717, 1.165) is 11.1 Å². The Morgan fingerprint density at radius 3 is 2.44 bits per heavy atom. The Hall–Kier alpha value is -3.68. The second-order valence-electron chi connectivity index (χ2n) is 5.63. The van der Waals surface area contributed by atoms with Gasteiger partial charge < -0.3 is 20.0 Å². The van der Waals surface area contributed by atoms with Crippen molar-refractivity contribution in [2.24, 2.45) is 5.10 Å². The summed E-state index contributed by atoms with van der Waals surface area (Å²) in [5.74, 6) is -2.69. The van der Waals surface area contributed by atoms with Crippen LogP contribution in [0.4, 0.5) is 5.69 Å². The van der Waals surface area contributed by atoms with Crippen molar-refractivity contribution in [3.8, 4) is 5.75 Å². The number of rotatable bonds is 6. The normalized spacial score (nSPS) is 10.4. The molecule has 0 saturated carbocycles. The molecule has 8 heteroatoms. The van der Waals surface area contributed by atoms with Crippen LogP contribution >= 0.6 is 0 Å². The predicted molar refractivity (Wildman–Crippen MR) is 97.2 cm³/mol. The van der Waals surface area contributed by atoms with E-state index in [9.17, 15) is 19.5 Å². The largest absolute Gasteiger partial charge is 0.546 e. The molecule has 8 nitrogen and oxygen atoms in total. The Balaban J connectivity index is 1.87. The number of carbonyl (C=O) groups excluding carboxylic acids is 3. The lowest BCUT2D eigenvalue weighted by Crippen LogP contribution is -2.32. The third-order valence-electron chi connectivity index (χ3n) is 3.68. The molecule has 0 atom stereocenters. The molecule has 0 unspecified atom stereocenters. The number of amides is 2. The van der Waals surface area contributed by atoms with Crippen molar-refractivity contribution in [1.82, 2.24) is 5.43 Å². The van der Waals surface area contributed by atoms with Crippen molar-refractivity contribution >= 4 is 29.7 Å². The lowest BCUT2D eigenvalue weighted by molar-refractivity contribution is -0.307. The highest BCUT2D eigenvalue weighted by Gasteiger charge is 2.14. The third-order valence-corrected chi connectivity index (χ3v) is 3.68. The molecule has 0 aliphatic carbocycles. The van der Waals surface area contributed by atoms with Crippen LogP contribution in [0.1, 0.15) is 16.7 Å². The number of carboxylic acids is 1. The highest BCUT2D eigenvalue weighted by atomic mass is 16.5. The van der Waals surface area contributed by atoms with Gasteiger partial charge in [0.25, 0.3) is 0 Å². The maximum atomic E-state index is 11.9. The lowest BCUT2D eigenvalue weighted by atomic mass is 10.1. The van der Waals surface area contributed by atoms with Gasteiger partial charge in [0, 0.05) is 5.69 Å². The van der Waals surface area contributed by atoms with Crippen LogP contribution in [-0.2, 0) is 14.4 Å². The van der Waals surface area contributed by atoms with Crippen molar-refractivity contribution in [2.75, 3.05) is 11.9 Å². The van der Waals surface area contributed by atoms with E-state index in [1.54, 1.807) is 36.4 Å². The van der Waals surface area contributed by atoms with Gasteiger partial charge in [-0.15, -0.1) is 0 Å². The van der Waals surface area contributed by atoms with Crippen LogP contribution in [0.3, 0.4) is 0 Å². The zero-order valence-electron chi connectivity index (χ0n) is 14.8. The fourth-order valence-corrected chi connectivity index (χ4v) is 2.07. The van der Waals surface area contributed by atoms with Crippen LogP contribution in [0.15, 0.2) is 47.6 Å². The minimum absolute atomic E-state index is 0.355. The van der Waals surface area contributed by atoms with E-state index >= 15 is 0 Å².